The van der Waals surface area contributed by atoms with Gasteiger partial charge >= 0.3 is 6.18 Å². The summed E-state index contributed by atoms with van der Waals surface area (Å²) < 4.78 is 54.4. The first kappa shape index (κ1) is 18.1. The predicted molar refractivity (Wildman–Crippen MR) is 82.5 cm³/mol. The van der Waals surface area contributed by atoms with Crippen molar-refractivity contribution in [3.63, 3.8) is 0 Å². The maximum Gasteiger partial charge on any atom is 0.391 e. The minimum Gasteiger partial charge on any atom is -0.385 e. The fourth-order valence-corrected chi connectivity index (χ4v) is 3.47. The number of aromatic nitrogens is 3. The zero-order chi connectivity index (χ0) is 18.4. The van der Waals surface area contributed by atoms with Gasteiger partial charge in [0.25, 0.3) is 0 Å². The largest absolute Gasteiger partial charge is 0.391 e. The van der Waals surface area contributed by atoms with Gasteiger partial charge in [-0.15, -0.1) is 0 Å². The second-order valence-electron chi connectivity index (χ2n) is 6.60. The Morgan fingerprint density at radius 3 is 2.52 bits per heavy atom. The number of rotatable bonds is 3. The van der Waals surface area contributed by atoms with E-state index in [1.807, 2.05) is 0 Å². The lowest BCUT2D eigenvalue weighted by Crippen LogP contribution is -2.27. The smallest absolute Gasteiger partial charge is 0.385 e. The SMILES string of the molecule is Cc1cc([C@H](O)CN)n2nc(C3CCC(C(F)(F)F)CC3)c(F)c2n1. The van der Waals surface area contributed by atoms with Crippen molar-refractivity contribution in [3.05, 3.63) is 29.0 Å². The van der Waals surface area contributed by atoms with Gasteiger partial charge in [-0.25, -0.2) is 13.9 Å². The van der Waals surface area contributed by atoms with Crippen molar-refractivity contribution in [1.82, 2.24) is 14.6 Å². The molecular weight excluding hydrogens is 340 g/mol. The summed E-state index contributed by atoms with van der Waals surface area (Å²) in [4.78, 5) is 4.12. The van der Waals surface area contributed by atoms with Crippen LogP contribution in [-0.4, -0.2) is 32.4 Å². The number of nitrogens with zero attached hydrogens (tertiary/aromatic N) is 3. The van der Waals surface area contributed by atoms with Gasteiger partial charge in [-0.05, 0) is 38.7 Å². The molecule has 138 valence electrons. The fraction of sp³-hybridized carbons (Fsp3) is 0.625. The summed E-state index contributed by atoms with van der Waals surface area (Å²) in [5.74, 6) is -2.35. The van der Waals surface area contributed by atoms with Crippen molar-refractivity contribution < 1.29 is 22.7 Å². The quantitative estimate of drug-likeness (QED) is 0.825. The third-order valence-corrected chi connectivity index (χ3v) is 4.85. The van der Waals surface area contributed by atoms with Crippen LogP contribution in [0.5, 0.6) is 0 Å². The Balaban J connectivity index is 1.95. The van der Waals surface area contributed by atoms with Crippen LogP contribution in [0.1, 0.15) is 54.8 Å². The molecule has 5 nitrogen and oxygen atoms in total. The monoisotopic (exact) mass is 360 g/mol. The van der Waals surface area contributed by atoms with Crippen LogP contribution in [0.15, 0.2) is 6.07 Å². The molecule has 9 heteroatoms. The first-order chi connectivity index (χ1) is 11.7. The number of aliphatic hydroxyl groups excluding tert-OH is 1. The van der Waals surface area contributed by atoms with Crippen molar-refractivity contribution >= 4 is 5.65 Å². The van der Waals surface area contributed by atoms with Gasteiger partial charge in [-0.2, -0.15) is 18.3 Å². The summed E-state index contributed by atoms with van der Waals surface area (Å²) in [6.07, 6.45) is -4.87. The highest BCUT2D eigenvalue weighted by Crippen LogP contribution is 2.43. The summed E-state index contributed by atoms with van der Waals surface area (Å²) >= 11 is 0. The first-order valence-electron chi connectivity index (χ1n) is 8.23. The summed E-state index contributed by atoms with van der Waals surface area (Å²) in [7, 11) is 0. The summed E-state index contributed by atoms with van der Waals surface area (Å²) in [6, 6.07) is 1.57. The van der Waals surface area contributed by atoms with Crippen molar-refractivity contribution in [3.8, 4) is 0 Å². The van der Waals surface area contributed by atoms with Crippen molar-refractivity contribution in [2.75, 3.05) is 6.54 Å². The van der Waals surface area contributed by atoms with Crippen LogP contribution >= 0.6 is 0 Å². The number of aliphatic hydroxyl groups is 1. The van der Waals surface area contributed by atoms with E-state index in [0.29, 0.717) is 11.4 Å². The molecule has 1 saturated carbocycles. The maximum absolute atomic E-state index is 14.8. The van der Waals surface area contributed by atoms with Crippen molar-refractivity contribution in [1.29, 1.82) is 0 Å². The highest BCUT2D eigenvalue weighted by atomic mass is 19.4. The van der Waals surface area contributed by atoms with Gasteiger partial charge in [-0.1, -0.05) is 0 Å². The molecule has 2 aromatic rings. The summed E-state index contributed by atoms with van der Waals surface area (Å²) in [5, 5.41) is 14.2. The Bertz CT molecular complexity index is 766. The Morgan fingerprint density at radius 2 is 1.96 bits per heavy atom. The normalized spacial score (nSPS) is 23.2. The van der Waals surface area contributed by atoms with E-state index >= 15 is 0 Å². The third kappa shape index (κ3) is 3.35. The fourth-order valence-electron chi connectivity index (χ4n) is 3.47. The molecule has 0 aliphatic heterocycles. The summed E-state index contributed by atoms with van der Waals surface area (Å²) in [6.45, 7) is 1.60. The van der Waals surface area contributed by atoms with Crippen LogP contribution in [0.25, 0.3) is 5.65 Å². The van der Waals surface area contributed by atoms with E-state index < -0.39 is 24.0 Å². The standard InChI is InChI=1S/C16H20F4N4O/c1-8-6-11(12(25)7-21)24-15(22-8)13(17)14(23-24)9-2-4-10(5-3-9)16(18,19)20/h6,9-10,12,25H,2-5,7,21H2,1H3/t9?,10?,12-/m1/s1. The molecule has 0 unspecified atom stereocenters. The minimum atomic E-state index is -4.21. The molecule has 2 heterocycles. The lowest BCUT2D eigenvalue weighted by Gasteiger charge is -2.28. The van der Waals surface area contributed by atoms with Gasteiger partial charge in [0.05, 0.1) is 11.6 Å². The van der Waals surface area contributed by atoms with Gasteiger partial charge in [0.15, 0.2) is 11.5 Å². The van der Waals surface area contributed by atoms with Crippen LogP contribution in [0, 0.1) is 18.7 Å². The van der Waals surface area contributed by atoms with Gasteiger partial charge in [0.1, 0.15) is 11.8 Å². The van der Waals surface area contributed by atoms with Gasteiger partial charge in [0, 0.05) is 18.2 Å². The zero-order valence-electron chi connectivity index (χ0n) is 13.7. The second-order valence-corrected chi connectivity index (χ2v) is 6.60. The van der Waals surface area contributed by atoms with Crippen molar-refractivity contribution in [2.24, 2.45) is 11.7 Å². The lowest BCUT2D eigenvalue weighted by molar-refractivity contribution is -0.182. The van der Waals surface area contributed by atoms with E-state index in [4.69, 9.17) is 5.73 Å². The molecule has 1 aliphatic rings. The van der Waals surface area contributed by atoms with Crippen LogP contribution < -0.4 is 5.73 Å². The molecule has 2 aromatic heterocycles. The van der Waals surface area contributed by atoms with E-state index in [1.54, 1.807) is 13.0 Å². The van der Waals surface area contributed by atoms with Gasteiger partial charge < -0.3 is 10.8 Å². The molecule has 0 aromatic carbocycles. The van der Waals surface area contributed by atoms with E-state index in [2.05, 4.69) is 10.1 Å². The lowest BCUT2D eigenvalue weighted by atomic mass is 9.80. The van der Waals surface area contributed by atoms with Crippen LogP contribution in [0.4, 0.5) is 17.6 Å². The average molecular weight is 360 g/mol. The number of aryl methyl sites for hydroxylation is 1. The molecule has 1 fully saturated rings. The maximum atomic E-state index is 14.8. The number of hydrogen-bond acceptors (Lipinski definition) is 4. The molecule has 1 atom stereocenters. The zero-order valence-corrected chi connectivity index (χ0v) is 13.7. The Hall–Kier alpha value is -1.74. The minimum absolute atomic E-state index is 0.0320. The molecule has 3 N–H and O–H groups in total. The second kappa shape index (κ2) is 6.53. The molecule has 0 bridgehead atoms. The van der Waals surface area contributed by atoms with E-state index in [-0.39, 0.29) is 49.5 Å². The van der Waals surface area contributed by atoms with Crippen LogP contribution in [-0.2, 0) is 0 Å². The Labute approximate surface area is 141 Å². The number of alkyl halides is 3. The third-order valence-electron chi connectivity index (χ3n) is 4.85. The molecule has 0 amide bonds. The first-order valence-corrected chi connectivity index (χ1v) is 8.23. The highest BCUT2D eigenvalue weighted by molar-refractivity contribution is 5.45. The predicted octanol–water partition coefficient (Wildman–Crippen LogP) is 3.01. The van der Waals surface area contributed by atoms with E-state index in [1.165, 1.54) is 4.52 Å². The summed E-state index contributed by atoms with van der Waals surface area (Å²) in [5.41, 5.74) is 6.38. The number of fused-ring (bicyclic) bond motifs is 1. The Kier molecular flexibility index (Phi) is 4.72. The van der Waals surface area contributed by atoms with Crippen LogP contribution in [0.2, 0.25) is 0 Å². The van der Waals surface area contributed by atoms with E-state index in [9.17, 15) is 22.7 Å². The van der Waals surface area contributed by atoms with Crippen LogP contribution in [0.3, 0.4) is 0 Å². The van der Waals surface area contributed by atoms with Gasteiger partial charge in [0.2, 0.25) is 0 Å². The average Bonchev–Trinajstić information content (AvgIpc) is 2.90. The number of halogens is 4. The number of nitrogens with two attached hydrogens (primary N) is 1. The molecule has 3 rings (SSSR count). The number of hydrogen-bond donors (Lipinski definition) is 2. The molecule has 0 spiro atoms. The highest BCUT2D eigenvalue weighted by Gasteiger charge is 2.42. The molecule has 0 saturated heterocycles. The van der Waals surface area contributed by atoms with Crippen molar-refractivity contribution in [2.45, 2.75) is 50.8 Å². The molecule has 0 radical (unpaired) electrons. The van der Waals surface area contributed by atoms with Gasteiger partial charge in [-0.3, -0.25) is 0 Å². The molecular formula is C16H20F4N4O. The molecule has 25 heavy (non-hydrogen) atoms. The topological polar surface area (TPSA) is 76.4 Å². The molecule has 1 aliphatic carbocycles. The Morgan fingerprint density at radius 1 is 1.32 bits per heavy atom. The van der Waals surface area contributed by atoms with E-state index in [0.717, 1.165) is 0 Å².